The van der Waals surface area contributed by atoms with Gasteiger partial charge in [-0.2, -0.15) is 0 Å². The SMILES string of the molecule is COC(=O)C(OCCO)=C(C)OCCO. The molecule has 15 heavy (non-hydrogen) atoms. The van der Waals surface area contributed by atoms with Gasteiger partial charge in [-0.3, -0.25) is 0 Å². The molecule has 0 amide bonds. The van der Waals surface area contributed by atoms with E-state index in [1.54, 1.807) is 0 Å². The lowest BCUT2D eigenvalue weighted by Gasteiger charge is -2.11. The molecule has 0 aromatic carbocycles. The summed E-state index contributed by atoms with van der Waals surface area (Å²) in [5.41, 5.74) is 0. The van der Waals surface area contributed by atoms with Crippen LogP contribution in [0.1, 0.15) is 6.92 Å². The average Bonchev–Trinajstić information content (AvgIpc) is 2.26. The van der Waals surface area contributed by atoms with Crippen LogP contribution in [0.5, 0.6) is 0 Å². The second-order valence-corrected chi connectivity index (χ2v) is 2.52. The van der Waals surface area contributed by atoms with E-state index in [0.717, 1.165) is 0 Å². The molecule has 0 saturated carbocycles. The Morgan fingerprint density at radius 3 is 2.13 bits per heavy atom. The maximum atomic E-state index is 11.2. The van der Waals surface area contributed by atoms with Gasteiger partial charge in [-0.05, 0) is 6.92 Å². The normalized spacial score (nSPS) is 11.7. The van der Waals surface area contributed by atoms with Gasteiger partial charge >= 0.3 is 5.97 Å². The number of hydrogen-bond donors (Lipinski definition) is 2. The first-order chi connectivity index (χ1) is 7.17. The molecule has 0 fully saturated rings. The quantitative estimate of drug-likeness (QED) is 0.339. The van der Waals surface area contributed by atoms with Crippen molar-refractivity contribution in [1.82, 2.24) is 0 Å². The van der Waals surface area contributed by atoms with Crippen LogP contribution in [-0.2, 0) is 19.0 Å². The van der Waals surface area contributed by atoms with Gasteiger partial charge in [-0.25, -0.2) is 4.79 Å². The van der Waals surface area contributed by atoms with Crippen LogP contribution in [0.25, 0.3) is 0 Å². The number of carbonyl (C=O) groups is 1. The zero-order valence-corrected chi connectivity index (χ0v) is 8.86. The van der Waals surface area contributed by atoms with E-state index in [1.165, 1.54) is 14.0 Å². The van der Waals surface area contributed by atoms with Crippen molar-refractivity contribution >= 4 is 5.97 Å². The highest BCUT2D eigenvalue weighted by Gasteiger charge is 2.16. The number of esters is 1. The van der Waals surface area contributed by atoms with Crippen molar-refractivity contribution in [2.75, 3.05) is 33.5 Å². The van der Waals surface area contributed by atoms with Gasteiger partial charge in [0, 0.05) is 0 Å². The van der Waals surface area contributed by atoms with Gasteiger partial charge in [-0.15, -0.1) is 0 Å². The van der Waals surface area contributed by atoms with E-state index in [1.807, 2.05) is 0 Å². The third-order valence-corrected chi connectivity index (χ3v) is 1.44. The monoisotopic (exact) mass is 220 g/mol. The van der Waals surface area contributed by atoms with E-state index in [9.17, 15) is 4.79 Å². The van der Waals surface area contributed by atoms with E-state index in [4.69, 9.17) is 19.7 Å². The van der Waals surface area contributed by atoms with Crippen LogP contribution in [-0.4, -0.2) is 49.7 Å². The Balaban J connectivity index is 4.49. The van der Waals surface area contributed by atoms with Gasteiger partial charge < -0.3 is 24.4 Å². The predicted octanol–water partition coefficient (Wildman–Crippen LogP) is -0.591. The fourth-order valence-corrected chi connectivity index (χ4v) is 0.809. The van der Waals surface area contributed by atoms with Gasteiger partial charge in [0.15, 0.2) is 0 Å². The molecular weight excluding hydrogens is 204 g/mol. The molecule has 0 rings (SSSR count). The van der Waals surface area contributed by atoms with Gasteiger partial charge in [0.05, 0.1) is 20.3 Å². The lowest BCUT2D eigenvalue weighted by molar-refractivity contribution is -0.141. The number of hydrogen-bond acceptors (Lipinski definition) is 6. The number of rotatable bonds is 7. The van der Waals surface area contributed by atoms with Crippen LogP contribution in [0.15, 0.2) is 11.5 Å². The second-order valence-electron chi connectivity index (χ2n) is 2.52. The van der Waals surface area contributed by atoms with Crippen molar-refractivity contribution in [1.29, 1.82) is 0 Å². The van der Waals surface area contributed by atoms with E-state index >= 15 is 0 Å². The zero-order valence-electron chi connectivity index (χ0n) is 8.86. The lowest BCUT2D eigenvalue weighted by atomic mass is 10.4. The van der Waals surface area contributed by atoms with Crippen LogP contribution in [0, 0.1) is 0 Å². The molecule has 0 aliphatic carbocycles. The highest BCUT2D eigenvalue weighted by atomic mass is 16.6. The molecule has 0 spiro atoms. The number of methoxy groups -OCH3 is 1. The number of allylic oxidation sites excluding steroid dienone is 1. The Bertz CT molecular complexity index is 223. The number of carbonyl (C=O) groups excluding carboxylic acids is 1. The zero-order chi connectivity index (χ0) is 11.7. The van der Waals surface area contributed by atoms with Gasteiger partial charge in [-0.1, -0.05) is 0 Å². The van der Waals surface area contributed by atoms with Crippen LogP contribution in [0.3, 0.4) is 0 Å². The van der Waals surface area contributed by atoms with E-state index < -0.39 is 5.97 Å². The maximum absolute atomic E-state index is 11.2. The van der Waals surface area contributed by atoms with Gasteiger partial charge in [0.1, 0.15) is 19.0 Å². The summed E-state index contributed by atoms with van der Waals surface area (Å²) in [6.07, 6.45) is 0. The first-order valence-corrected chi connectivity index (χ1v) is 4.43. The molecule has 0 aliphatic rings. The maximum Gasteiger partial charge on any atom is 0.376 e. The molecule has 0 aromatic rings. The van der Waals surface area contributed by atoms with Crippen molar-refractivity contribution in [3.05, 3.63) is 11.5 Å². The predicted molar refractivity (Wildman–Crippen MR) is 50.8 cm³/mol. The summed E-state index contributed by atoms with van der Waals surface area (Å²) in [5.74, 6) is -0.566. The molecule has 0 bridgehead atoms. The first kappa shape index (κ1) is 13.7. The number of aliphatic hydroxyl groups is 2. The average molecular weight is 220 g/mol. The molecule has 0 aliphatic heterocycles. The van der Waals surface area contributed by atoms with E-state index in [2.05, 4.69) is 4.74 Å². The third-order valence-electron chi connectivity index (χ3n) is 1.44. The summed E-state index contributed by atoms with van der Waals surface area (Å²) in [4.78, 5) is 11.2. The van der Waals surface area contributed by atoms with E-state index in [0.29, 0.717) is 0 Å². The summed E-state index contributed by atoms with van der Waals surface area (Å²) in [6.45, 7) is 1.18. The molecule has 0 unspecified atom stereocenters. The third kappa shape index (κ3) is 5.24. The Labute approximate surface area is 88.1 Å². The smallest absolute Gasteiger partial charge is 0.376 e. The molecule has 0 radical (unpaired) electrons. The Morgan fingerprint density at radius 2 is 1.67 bits per heavy atom. The van der Waals surface area contributed by atoms with Crippen LogP contribution < -0.4 is 0 Å². The Morgan fingerprint density at radius 1 is 1.13 bits per heavy atom. The van der Waals surface area contributed by atoms with Crippen LogP contribution >= 0.6 is 0 Å². The lowest BCUT2D eigenvalue weighted by Crippen LogP contribution is -2.14. The largest absolute Gasteiger partial charge is 0.492 e. The minimum absolute atomic E-state index is 0.0236. The van der Waals surface area contributed by atoms with Crippen LogP contribution in [0.4, 0.5) is 0 Å². The van der Waals surface area contributed by atoms with Crippen molar-refractivity contribution in [2.24, 2.45) is 0 Å². The van der Waals surface area contributed by atoms with Crippen molar-refractivity contribution < 1.29 is 29.2 Å². The number of aliphatic hydroxyl groups excluding tert-OH is 2. The highest BCUT2D eigenvalue weighted by molar-refractivity contribution is 5.86. The van der Waals surface area contributed by atoms with Crippen molar-refractivity contribution in [3.63, 3.8) is 0 Å². The molecule has 0 atom stereocenters. The number of ether oxygens (including phenoxy) is 3. The fourth-order valence-electron chi connectivity index (χ4n) is 0.809. The fraction of sp³-hybridized carbons (Fsp3) is 0.667. The first-order valence-electron chi connectivity index (χ1n) is 4.43. The molecule has 6 nitrogen and oxygen atoms in total. The van der Waals surface area contributed by atoms with Gasteiger partial charge in [0.25, 0.3) is 0 Å². The van der Waals surface area contributed by atoms with Crippen molar-refractivity contribution in [2.45, 2.75) is 6.92 Å². The second kappa shape index (κ2) is 8.07. The summed E-state index contributed by atoms with van der Waals surface area (Å²) in [7, 11) is 1.21. The van der Waals surface area contributed by atoms with Crippen molar-refractivity contribution in [3.8, 4) is 0 Å². The summed E-state index contributed by atoms with van der Waals surface area (Å²) in [6, 6.07) is 0. The highest BCUT2D eigenvalue weighted by Crippen LogP contribution is 2.09. The molecular formula is C9H16O6. The molecule has 0 saturated heterocycles. The topological polar surface area (TPSA) is 85.2 Å². The summed E-state index contributed by atoms with van der Waals surface area (Å²) in [5, 5.41) is 17.1. The standard InChI is InChI=1S/C9H16O6/c1-7(14-5-3-10)8(9(12)13-2)15-6-4-11/h10-11H,3-6H2,1-2H3. The molecule has 0 aromatic heterocycles. The van der Waals surface area contributed by atoms with E-state index in [-0.39, 0.29) is 37.9 Å². The minimum atomic E-state index is -0.682. The van der Waals surface area contributed by atoms with Gasteiger partial charge in [0.2, 0.25) is 5.76 Å². The molecule has 2 N–H and O–H groups in total. The summed E-state index contributed by atoms with van der Waals surface area (Å²) >= 11 is 0. The molecule has 6 heteroatoms. The summed E-state index contributed by atoms with van der Waals surface area (Å²) < 4.78 is 14.4. The molecule has 88 valence electrons. The molecule has 0 heterocycles. The Hall–Kier alpha value is -1.27. The van der Waals surface area contributed by atoms with Crippen LogP contribution in [0.2, 0.25) is 0 Å². The minimum Gasteiger partial charge on any atom is -0.492 e. The Kier molecular flexibility index (Phi) is 7.39.